The van der Waals surface area contributed by atoms with Gasteiger partial charge in [0, 0.05) is 5.56 Å². The maximum Gasteiger partial charge on any atom is 0.390 e. The number of hydrogen-bond donors (Lipinski definition) is 1. The van der Waals surface area contributed by atoms with E-state index >= 15 is 0 Å². The number of hydrogen-bond acceptors (Lipinski definition) is 5. The Morgan fingerprint density at radius 2 is 1.39 bits per heavy atom. The number of benzene rings is 2. The molecule has 31 heavy (non-hydrogen) atoms. The molecule has 0 spiro atoms. The Morgan fingerprint density at radius 3 is 1.81 bits per heavy atom. The van der Waals surface area contributed by atoms with Crippen molar-refractivity contribution in [3.8, 4) is 5.75 Å². The fraction of sp³-hybridized carbons (Fsp3) is 0.520. The van der Waals surface area contributed by atoms with Crippen LogP contribution < -0.4 is 0 Å². The smallest absolute Gasteiger partial charge is 0.390 e. The Balaban J connectivity index is 2.74. The quantitative estimate of drug-likeness (QED) is 0.401. The van der Waals surface area contributed by atoms with Crippen molar-refractivity contribution in [1.29, 1.82) is 0 Å². The minimum Gasteiger partial charge on any atom is -0.508 e. The van der Waals surface area contributed by atoms with Gasteiger partial charge in [-0.15, -0.1) is 0 Å². The van der Waals surface area contributed by atoms with Crippen LogP contribution in [-0.4, -0.2) is 18.3 Å². The van der Waals surface area contributed by atoms with E-state index in [2.05, 4.69) is 59.7 Å². The Hall–Kier alpha value is -1.26. The largest absolute Gasteiger partial charge is 0.508 e. The minimum absolute atomic E-state index is 0.0620. The van der Waals surface area contributed by atoms with Crippen LogP contribution in [0.4, 0.5) is 0 Å². The predicted molar refractivity (Wildman–Crippen MR) is 132 cm³/mol. The lowest BCUT2D eigenvalue weighted by molar-refractivity contribution is 0.236. The highest BCUT2D eigenvalue weighted by Crippen LogP contribution is 2.67. The summed E-state index contributed by atoms with van der Waals surface area (Å²) >= 11 is 1.15. The molecular formula is C25H37O4PS. The van der Waals surface area contributed by atoms with Gasteiger partial charge in [0.05, 0.1) is 18.5 Å². The molecule has 0 aliphatic heterocycles. The monoisotopic (exact) mass is 464 g/mol. The molecule has 0 bridgehead atoms. The maximum atomic E-state index is 13.5. The first kappa shape index (κ1) is 26.0. The lowest BCUT2D eigenvalue weighted by Crippen LogP contribution is -2.17. The first-order valence-corrected chi connectivity index (χ1v) is 13.8. The van der Waals surface area contributed by atoms with E-state index in [0.717, 1.165) is 16.9 Å². The molecular weight excluding hydrogens is 427 g/mol. The fourth-order valence-corrected chi connectivity index (χ4v) is 7.35. The highest BCUT2D eigenvalue weighted by molar-refractivity contribution is 8.55. The van der Waals surface area contributed by atoms with Gasteiger partial charge in [0.1, 0.15) is 5.75 Å². The van der Waals surface area contributed by atoms with Crippen LogP contribution in [0.1, 0.15) is 82.9 Å². The number of para-hydroxylation sites is 1. The molecule has 1 atom stereocenters. The van der Waals surface area contributed by atoms with Crippen molar-refractivity contribution >= 4 is 18.2 Å². The van der Waals surface area contributed by atoms with Crippen LogP contribution in [0, 0.1) is 0 Å². The van der Waals surface area contributed by atoms with Crippen LogP contribution in [0.25, 0.3) is 0 Å². The highest BCUT2D eigenvalue weighted by atomic mass is 32.7. The van der Waals surface area contributed by atoms with Crippen molar-refractivity contribution in [2.45, 2.75) is 71.5 Å². The summed E-state index contributed by atoms with van der Waals surface area (Å²) in [5, 5.41) is 10.3. The van der Waals surface area contributed by atoms with Crippen LogP contribution in [0.3, 0.4) is 0 Å². The Labute approximate surface area is 192 Å². The van der Waals surface area contributed by atoms with Crippen molar-refractivity contribution in [3.63, 3.8) is 0 Å². The summed E-state index contributed by atoms with van der Waals surface area (Å²) in [6, 6.07) is 13.8. The van der Waals surface area contributed by atoms with Gasteiger partial charge in [-0.2, -0.15) is 0 Å². The number of aromatic hydroxyl groups is 1. The number of rotatable bonds is 8. The molecule has 0 amide bonds. The van der Waals surface area contributed by atoms with Crippen molar-refractivity contribution in [2.24, 2.45) is 0 Å². The Morgan fingerprint density at radius 1 is 0.903 bits per heavy atom. The third-order valence-corrected chi connectivity index (χ3v) is 9.20. The normalized spacial score (nSPS) is 13.9. The van der Waals surface area contributed by atoms with Gasteiger partial charge in [0.15, 0.2) is 0 Å². The first-order chi connectivity index (χ1) is 14.3. The van der Waals surface area contributed by atoms with Gasteiger partial charge < -0.3 is 14.2 Å². The van der Waals surface area contributed by atoms with E-state index in [4.69, 9.17) is 9.05 Å². The average molecular weight is 465 g/mol. The van der Waals surface area contributed by atoms with Crippen molar-refractivity contribution in [1.82, 2.24) is 0 Å². The predicted octanol–water partition coefficient (Wildman–Crippen LogP) is 7.99. The first-order valence-electron chi connectivity index (χ1n) is 10.8. The Bertz CT molecular complexity index is 886. The minimum atomic E-state index is -3.43. The molecule has 6 heteroatoms. The van der Waals surface area contributed by atoms with Crippen LogP contribution in [0.5, 0.6) is 5.75 Å². The molecule has 172 valence electrons. The summed E-state index contributed by atoms with van der Waals surface area (Å²) < 4.78 is 24.7. The van der Waals surface area contributed by atoms with Gasteiger partial charge >= 0.3 is 6.80 Å². The lowest BCUT2D eigenvalue weighted by Gasteiger charge is -2.29. The molecule has 0 aliphatic rings. The van der Waals surface area contributed by atoms with Gasteiger partial charge in [0.2, 0.25) is 0 Å². The van der Waals surface area contributed by atoms with Gasteiger partial charge in [-0.3, -0.25) is 0 Å². The lowest BCUT2D eigenvalue weighted by atomic mass is 9.79. The third kappa shape index (κ3) is 6.86. The zero-order valence-corrected chi connectivity index (χ0v) is 21.8. The van der Waals surface area contributed by atoms with Crippen LogP contribution in [0.2, 0.25) is 0 Å². The van der Waals surface area contributed by atoms with E-state index in [0.29, 0.717) is 5.56 Å². The molecule has 0 aliphatic carbocycles. The van der Waals surface area contributed by atoms with Crippen molar-refractivity contribution in [3.05, 3.63) is 64.7 Å². The van der Waals surface area contributed by atoms with Gasteiger partial charge in [-0.25, -0.2) is 4.57 Å². The molecule has 0 saturated carbocycles. The maximum absolute atomic E-state index is 13.5. The molecule has 0 heterocycles. The molecule has 1 unspecified atom stereocenters. The van der Waals surface area contributed by atoms with Gasteiger partial charge in [-0.05, 0) is 58.8 Å². The molecule has 2 rings (SSSR count). The molecule has 4 nitrogen and oxygen atoms in total. The molecule has 2 aromatic carbocycles. The number of phenols is 1. The molecule has 2 aromatic rings. The van der Waals surface area contributed by atoms with E-state index in [9.17, 15) is 9.67 Å². The van der Waals surface area contributed by atoms with E-state index in [-0.39, 0.29) is 29.8 Å². The van der Waals surface area contributed by atoms with E-state index in [1.54, 1.807) is 26.0 Å². The van der Waals surface area contributed by atoms with Gasteiger partial charge in [0.25, 0.3) is 0 Å². The molecule has 0 fully saturated rings. The van der Waals surface area contributed by atoms with Crippen LogP contribution >= 0.6 is 18.2 Å². The average Bonchev–Trinajstić information content (AvgIpc) is 2.65. The zero-order chi connectivity index (χ0) is 23.4. The summed E-state index contributed by atoms with van der Waals surface area (Å²) in [5.41, 5.74) is 3.93. The second-order valence-electron chi connectivity index (χ2n) is 9.67. The second-order valence-corrected chi connectivity index (χ2v) is 13.7. The summed E-state index contributed by atoms with van der Waals surface area (Å²) in [4.78, 5) is 0. The van der Waals surface area contributed by atoms with Gasteiger partial charge in [-0.1, -0.05) is 77.9 Å². The number of phenolic OH excluding ortho intramolecular Hbond substituents is 1. The highest BCUT2D eigenvalue weighted by Gasteiger charge is 2.34. The summed E-state index contributed by atoms with van der Waals surface area (Å²) in [5.74, 6) is 0.165. The topological polar surface area (TPSA) is 55.8 Å². The summed E-state index contributed by atoms with van der Waals surface area (Å²) in [6.45, 7) is 13.9. The zero-order valence-electron chi connectivity index (χ0n) is 20.1. The van der Waals surface area contributed by atoms with E-state index in [1.165, 1.54) is 11.1 Å². The van der Waals surface area contributed by atoms with Crippen molar-refractivity contribution in [2.75, 3.05) is 13.2 Å². The Kier molecular flexibility index (Phi) is 8.49. The van der Waals surface area contributed by atoms with E-state index in [1.807, 2.05) is 12.1 Å². The van der Waals surface area contributed by atoms with Crippen LogP contribution in [-0.2, 0) is 24.4 Å². The SMILES string of the molecule is CCOP(=O)(OCC)SC(c1cc(C(C)(C)C)cc(C(C)(C)C)c1)c1ccccc1O. The molecule has 0 saturated heterocycles. The molecule has 1 N–H and O–H groups in total. The standard InChI is InChI=1S/C25H37O4PS/c1-9-28-30(27,29-10-2)31-23(21-13-11-12-14-22(21)26)18-15-19(24(3,4)5)17-20(16-18)25(6,7)8/h11-17,23,26H,9-10H2,1-8H3. The third-order valence-electron chi connectivity index (χ3n) is 5.02. The second kappa shape index (κ2) is 10.1. The fourth-order valence-electron chi connectivity index (χ4n) is 3.22. The molecule has 0 radical (unpaired) electrons. The summed E-state index contributed by atoms with van der Waals surface area (Å²) in [6.07, 6.45) is 0. The van der Waals surface area contributed by atoms with Crippen molar-refractivity contribution < 1.29 is 18.7 Å². The molecule has 0 aromatic heterocycles. The van der Waals surface area contributed by atoms with E-state index < -0.39 is 12.0 Å². The summed E-state index contributed by atoms with van der Waals surface area (Å²) in [7, 11) is 0. The van der Waals surface area contributed by atoms with Crippen LogP contribution in [0.15, 0.2) is 42.5 Å².